The van der Waals surface area contributed by atoms with Gasteiger partial charge in [-0.1, -0.05) is 24.6 Å². The Morgan fingerprint density at radius 1 is 1.09 bits per heavy atom. The molecule has 3 aliphatic heterocycles. The van der Waals surface area contributed by atoms with E-state index in [2.05, 4.69) is 35.2 Å². The van der Waals surface area contributed by atoms with Gasteiger partial charge >= 0.3 is 0 Å². The first kappa shape index (κ1) is 14.5. The molecule has 0 aromatic heterocycles. The Hall–Kier alpha value is -1.13. The van der Waals surface area contributed by atoms with E-state index in [4.69, 9.17) is 4.74 Å². The molecule has 0 radical (unpaired) electrons. The minimum atomic E-state index is -0.637. The largest absolute Gasteiger partial charge is 0.378 e. The van der Waals surface area contributed by atoms with Gasteiger partial charge in [-0.05, 0) is 42.5 Å². The van der Waals surface area contributed by atoms with Gasteiger partial charge in [-0.15, -0.1) is 0 Å². The van der Waals surface area contributed by atoms with Gasteiger partial charge in [0.15, 0.2) is 0 Å². The summed E-state index contributed by atoms with van der Waals surface area (Å²) in [6.07, 6.45) is 6.74. The maximum Gasteiger partial charge on any atom is 0.0642 e. The maximum atomic E-state index is 12.3. The molecule has 0 aliphatic carbocycles. The second-order valence-corrected chi connectivity index (χ2v) is 8.39. The fourth-order valence-electron chi connectivity index (χ4n) is 3.82. The SMILES string of the molecule is O=S1C2C=C(c3ccc(N4CCOCC4)cc3)CC1CCC2. The van der Waals surface area contributed by atoms with Crippen molar-refractivity contribution in [1.82, 2.24) is 0 Å². The van der Waals surface area contributed by atoms with Crippen molar-refractivity contribution in [1.29, 1.82) is 0 Å². The number of hydrogen-bond donors (Lipinski definition) is 0. The zero-order valence-electron chi connectivity index (χ0n) is 12.9. The van der Waals surface area contributed by atoms with Gasteiger partial charge < -0.3 is 9.64 Å². The quantitative estimate of drug-likeness (QED) is 0.840. The van der Waals surface area contributed by atoms with Crippen molar-refractivity contribution >= 4 is 22.1 Å². The van der Waals surface area contributed by atoms with Crippen LogP contribution < -0.4 is 4.90 Å². The van der Waals surface area contributed by atoms with E-state index in [1.54, 1.807) is 0 Å². The van der Waals surface area contributed by atoms with Crippen molar-refractivity contribution in [3.63, 3.8) is 0 Å². The van der Waals surface area contributed by atoms with Crippen molar-refractivity contribution in [3.05, 3.63) is 35.9 Å². The fraction of sp³-hybridized carbons (Fsp3) is 0.556. The normalized spacial score (nSPS) is 31.7. The molecule has 3 nitrogen and oxygen atoms in total. The third kappa shape index (κ3) is 2.74. The molecular formula is C18H23NO2S. The average Bonchev–Trinajstić information content (AvgIpc) is 2.56. The number of morpholine rings is 1. The van der Waals surface area contributed by atoms with Crippen LogP contribution in [0.3, 0.4) is 0 Å². The van der Waals surface area contributed by atoms with Crippen LogP contribution in [0, 0.1) is 0 Å². The molecule has 0 amide bonds. The molecule has 4 heteroatoms. The smallest absolute Gasteiger partial charge is 0.0642 e. The van der Waals surface area contributed by atoms with Crippen molar-refractivity contribution in [3.8, 4) is 0 Å². The van der Waals surface area contributed by atoms with Crippen molar-refractivity contribution in [2.75, 3.05) is 31.2 Å². The van der Waals surface area contributed by atoms with E-state index in [0.29, 0.717) is 10.5 Å². The van der Waals surface area contributed by atoms with Crippen molar-refractivity contribution in [2.45, 2.75) is 36.2 Å². The second kappa shape index (κ2) is 6.17. The summed E-state index contributed by atoms with van der Waals surface area (Å²) < 4.78 is 17.7. The Labute approximate surface area is 134 Å². The summed E-state index contributed by atoms with van der Waals surface area (Å²) in [7, 11) is -0.637. The first-order chi connectivity index (χ1) is 10.8. The first-order valence-corrected chi connectivity index (χ1v) is 9.62. The van der Waals surface area contributed by atoms with Gasteiger partial charge in [0.2, 0.25) is 0 Å². The molecule has 2 bridgehead atoms. The molecule has 3 unspecified atom stereocenters. The minimum Gasteiger partial charge on any atom is -0.378 e. The predicted octanol–water partition coefficient (Wildman–Crippen LogP) is 2.98. The molecule has 3 atom stereocenters. The molecule has 0 N–H and O–H groups in total. The van der Waals surface area contributed by atoms with Gasteiger partial charge in [0, 0.05) is 34.8 Å². The summed E-state index contributed by atoms with van der Waals surface area (Å²) in [5.41, 5.74) is 4.00. The number of benzene rings is 1. The molecular weight excluding hydrogens is 294 g/mol. The average molecular weight is 317 g/mol. The highest BCUT2D eigenvalue weighted by molar-refractivity contribution is 7.86. The van der Waals surface area contributed by atoms with Gasteiger partial charge in [-0.25, -0.2) is 0 Å². The Balaban J connectivity index is 1.54. The summed E-state index contributed by atoms with van der Waals surface area (Å²) in [4.78, 5) is 2.38. The lowest BCUT2D eigenvalue weighted by atomic mass is 9.93. The molecule has 3 aliphatic rings. The van der Waals surface area contributed by atoms with Gasteiger partial charge in [0.1, 0.15) is 0 Å². The molecule has 3 heterocycles. The number of fused-ring (bicyclic) bond motifs is 2. The van der Waals surface area contributed by atoms with Crippen LogP contribution in [0.5, 0.6) is 0 Å². The molecule has 0 spiro atoms. The van der Waals surface area contributed by atoms with E-state index in [-0.39, 0.29) is 0 Å². The van der Waals surface area contributed by atoms with Crippen LogP contribution in [0.25, 0.3) is 5.57 Å². The Morgan fingerprint density at radius 2 is 1.86 bits per heavy atom. The van der Waals surface area contributed by atoms with Crippen LogP contribution in [0.4, 0.5) is 5.69 Å². The highest BCUT2D eigenvalue weighted by atomic mass is 32.2. The third-order valence-electron chi connectivity index (χ3n) is 5.09. The van der Waals surface area contributed by atoms with E-state index in [1.165, 1.54) is 23.2 Å². The number of ether oxygens (including phenoxy) is 1. The maximum absolute atomic E-state index is 12.3. The Kier molecular flexibility index (Phi) is 4.05. The van der Waals surface area contributed by atoms with Crippen molar-refractivity contribution in [2.24, 2.45) is 0 Å². The van der Waals surface area contributed by atoms with Gasteiger partial charge in [-0.2, -0.15) is 0 Å². The molecule has 4 rings (SSSR count). The fourth-order valence-corrected chi connectivity index (χ4v) is 5.76. The van der Waals surface area contributed by atoms with Gasteiger partial charge in [0.25, 0.3) is 0 Å². The van der Waals surface area contributed by atoms with E-state index in [1.807, 2.05) is 0 Å². The molecule has 2 saturated heterocycles. The summed E-state index contributed by atoms with van der Waals surface area (Å²) >= 11 is 0. The predicted molar refractivity (Wildman–Crippen MR) is 91.6 cm³/mol. The van der Waals surface area contributed by atoms with Crippen molar-refractivity contribution < 1.29 is 8.95 Å². The summed E-state index contributed by atoms with van der Waals surface area (Å²) in [5, 5.41) is 0.680. The van der Waals surface area contributed by atoms with Gasteiger partial charge in [0.05, 0.1) is 18.5 Å². The monoisotopic (exact) mass is 317 g/mol. The number of nitrogens with zero attached hydrogens (tertiary/aromatic N) is 1. The Morgan fingerprint density at radius 3 is 2.59 bits per heavy atom. The topological polar surface area (TPSA) is 29.5 Å². The zero-order chi connectivity index (χ0) is 14.9. The number of hydrogen-bond acceptors (Lipinski definition) is 3. The number of anilines is 1. The third-order valence-corrected chi connectivity index (χ3v) is 7.12. The Bertz CT molecular complexity index is 590. The van der Waals surface area contributed by atoms with Crippen LogP contribution in [0.2, 0.25) is 0 Å². The van der Waals surface area contributed by atoms with E-state index in [0.717, 1.165) is 45.6 Å². The highest BCUT2D eigenvalue weighted by Crippen LogP contribution is 2.37. The molecule has 22 heavy (non-hydrogen) atoms. The molecule has 0 saturated carbocycles. The van der Waals surface area contributed by atoms with Crippen LogP contribution in [0.1, 0.15) is 31.2 Å². The van der Waals surface area contributed by atoms with E-state index >= 15 is 0 Å². The lowest BCUT2D eigenvalue weighted by Gasteiger charge is -2.33. The highest BCUT2D eigenvalue weighted by Gasteiger charge is 2.33. The van der Waals surface area contributed by atoms with Gasteiger partial charge in [-0.3, -0.25) is 4.21 Å². The number of allylic oxidation sites excluding steroid dienone is 1. The molecule has 118 valence electrons. The number of rotatable bonds is 2. The van der Waals surface area contributed by atoms with Crippen LogP contribution in [-0.4, -0.2) is 41.0 Å². The standard InChI is InChI=1S/C18H23NO2S/c20-22-17-2-1-3-18(22)13-15(12-17)14-4-6-16(7-5-14)19-8-10-21-11-9-19/h4-7,12,17-18H,1-3,8-11,13H2. The molecule has 1 aromatic rings. The molecule has 2 fully saturated rings. The lowest BCUT2D eigenvalue weighted by molar-refractivity contribution is 0.122. The first-order valence-electron chi connectivity index (χ1n) is 8.34. The lowest BCUT2D eigenvalue weighted by Crippen LogP contribution is -2.36. The molecule has 1 aromatic carbocycles. The van der Waals surface area contributed by atoms with Crippen LogP contribution in [0.15, 0.2) is 30.3 Å². The summed E-state index contributed by atoms with van der Waals surface area (Å²) in [6.45, 7) is 3.60. The van der Waals surface area contributed by atoms with E-state index in [9.17, 15) is 4.21 Å². The van der Waals surface area contributed by atoms with Crippen LogP contribution >= 0.6 is 0 Å². The van der Waals surface area contributed by atoms with Crippen LogP contribution in [-0.2, 0) is 15.5 Å². The zero-order valence-corrected chi connectivity index (χ0v) is 13.7. The second-order valence-electron chi connectivity index (χ2n) is 6.46. The summed E-state index contributed by atoms with van der Waals surface area (Å²) in [5.74, 6) is 0. The van der Waals surface area contributed by atoms with E-state index < -0.39 is 10.8 Å². The minimum absolute atomic E-state index is 0.293. The summed E-state index contributed by atoms with van der Waals surface area (Å²) in [6, 6.07) is 8.92.